The number of aromatic nitrogens is 2. The van der Waals surface area contributed by atoms with Crippen LogP contribution in [0.1, 0.15) is 0 Å². The molecule has 0 bridgehead atoms. The fourth-order valence-electron chi connectivity index (χ4n) is 2.34. The molecular formula is C15H10N4O2S. The third-order valence-corrected chi connectivity index (χ3v) is 4.03. The summed E-state index contributed by atoms with van der Waals surface area (Å²) in [6, 6.07) is 7.72. The molecule has 2 aromatic carbocycles. The second-order valence-electron chi connectivity index (χ2n) is 4.78. The first-order valence-corrected chi connectivity index (χ1v) is 7.50. The summed E-state index contributed by atoms with van der Waals surface area (Å²) in [6.07, 6.45) is 1.77. The Morgan fingerprint density at radius 1 is 1.05 bits per heavy atom. The minimum Gasteiger partial charge on any atom is -0.359 e. The average Bonchev–Trinajstić information content (AvgIpc) is 3.20. The van der Waals surface area contributed by atoms with Gasteiger partial charge in [0.15, 0.2) is 0 Å². The smallest absolute Gasteiger partial charge is 0.253 e. The van der Waals surface area contributed by atoms with Crippen molar-refractivity contribution >= 4 is 45.1 Å². The van der Waals surface area contributed by atoms with Crippen LogP contribution >= 0.6 is 11.3 Å². The number of anilines is 4. The van der Waals surface area contributed by atoms with Crippen LogP contribution in [0.2, 0.25) is 0 Å². The summed E-state index contributed by atoms with van der Waals surface area (Å²) in [5, 5.41) is 8.64. The van der Waals surface area contributed by atoms with E-state index in [1.165, 1.54) is 11.3 Å². The number of thiazole rings is 1. The number of fused-ring (bicyclic) bond motifs is 1. The first-order valence-electron chi connectivity index (χ1n) is 6.55. The zero-order valence-corrected chi connectivity index (χ0v) is 12.0. The predicted octanol–water partition coefficient (Wildman–Crippen LogP) is 2.71. The van der Waals surface area contributed by atoms with Gasteiger partial charge in [-0.3, -0.25) is 9.59 Å². The SMILES string of the molecule is O=c1c(Nc2cscn2)c(Nc2c[nH]c3ccccc23)c1=O. The molecule has 0 saturated heterocycles. The molecule has 6 nitrogen and oxygen atoms in total. The van der Waals surface area contributed by atoms with Gasteiger partial charge in [0.1, 0.15) is 17.2 Å². The third-order valence-electron chi connectivity index (χ3n) is 3.44. The van der Waals surface area contributed by atoms with Gasteiger partial charge >= 0.3 is 0 Å². The van der Waals surface area contributed by atoms with Crippen molar-refractivity contribution in [1.29, 1.82) is 0 Å². The second kappa shape index (κ2) is 4.81. The van der Waals surface area contributed by atoms with Gasteiger partial charge in [-0.1, -0.05) is 18.2 Å². The predicted molar refractivity (Wildman–Crippen MR) is 88.3 cm³/mol. The molecule has 0 aliphatic rings. The maximum absolute atomic E-state index is 11.8. The van der Waals surface area contributed by atoms with Crippen molar-refractivity contribution in [2.75, 3.05) is 10.6 Å². The maximum Gasteiger partial charge on any atom is 0.253 e. The lowest BCUT2D eigenvalue weighted by Crippen LogP contribution is -2.35. The molecule has 2 heterocycles. The van der Waals surface area contributed by atoms with E-state index in [0.717, 1.165) is 16.6 Å². The van der Waals surface area contributed by atoms with Crippen molar-refractivity contribution in [3.63, 3.8) is 0 Å². The highest BCUT2D eigenvalue weighted by atomic mass is 32.1. The number of para-hydroxylation sites is 1. The number of aromatic amines is 1. The van der Waals surface area contributed by atoms with Gasteiger partial charge in [-0.05, 0) is 6.07 Å². The van der Waals surface area contributed by atoms with Gasteiger partial charge in [0.05, 0.1) is 11.2 Å². The van der Waals surface area contributed by atoms with Crippen LogP contribution < -0.4 is 21.5 Å². The highest BCUT2D eigenvalue weighted by Gasteiger charge is 2.22. The Morgan fingerprint density at radius 3 is 2.59 bits per heavy atom. The Morgan fingerprint density at radius 2 is 1.82 bits per heavy atom. The fourth-order valence-corrected chi connectivity index (χ4v) is 2.83. The molecule has 22 heavy (non-hydrogen) atoms. The lowest BCUT2D eigenvalue weighted by atomic mass is 10.1. The van der Waals surface area contributed by atoms with Gasteiger partial charge in [0, 0.05) is 22.5 Å². The Hall–Kier alpha value is -2.93. The summed E-state index contributed by atoms with van der Waals surface area (Å²) in [7, 11) is 0. The molecule has 108 valence electrons. The molecule has 0 spiro atoms. The number of rotatable bonds is 4. The minimum atomic E-state index is -0.532. The van der Waals surface area contributed by atoms with E-state index in [-0.39, 0.29) is 11.4 Å². The molecule has 0 radical (unpaired) electrons. The standard InChI is InChI=1S/C15H10N4O2S/c20-14-12(13(15(14)21)19-11-6-22-7-17-11)18-10-5-16-9-4-2-1-3-8(9)10/h1-7,16,18-19H. The van der Waals surface area contributed by atoms with Gasteiger partial charge < -0.3 is 15.6 Å². The molecule has 0 unspecified atom stereocenters. The number of nitrogens with zero attached hydrogens (tertiary/aromatic N) is 1. The fraction of sp³-hybridized carbons (Fsp3) is 0. The first-order chi connectivity index (χ1) is 10.7. The van der Waals surface area contributed by atoms with Crippen LogP contribution in [0.5, 0.6) is 0 Å². The maximum atomic E-state index is 11.8. The second-order valence-corrected chi connectivity index (χ2v) is 5.50. The zero-order chi connectivity index (χ0) is 15.1. The number of hydrogen-bond donors (Lipinski definition) is 3. The van der Waals surface area contributed by atoms with E-state index in [2.05, 4.69) is 20.6 Å². The zero-order valence-electron chi connectivity index (χ0n) is 11.2. The number of nitrogens with one attached hydrogen (secondary N) is 3. The Labute approximate surface area is 128 Å². The molecule has 0 saturated carbocycles. The highest BCUT2D eigenvalue weighted by molar-refractivity contribution is 7.07. The summed E-state index contributed by atoms with van der Waals surface area (Å²) in [6.45, 7) is 0. The summed E-state index contributed by atoms with van der Waals surface area (Å²) < 4.78 is 0. The molecule has 0 aliphatic heterocycles. The van der Waals surface area contributed by atoms with Crippen LogP contribution in [-0.4, -0.2) is 9.97 Å². The molecule has 0 aliphatic carbocycles. The van der Waals surface area contributed by atoms with E-state index >= 15 is 0 Å². The molecule has 0 fully saturated rings. The van der Waals surface area contributed by atoms with Crippen molar-refractivity contribution in [1.82, 2.24) is 9.97 Å². The third kappa shape index (κ3) is 1.91. The van der Waals surface area contributed by atoms with E-state index in [4.69, 9.17) is 0 Å². The number of hydrogen-bond acceptors (Lipinski definition) is 6. The minimum absolute atomic E-state index is 0.251. The van der Waals surface area contributed by atoms with E-state index in [9.17, 15) is 9.59 Å². The molecule has 7 heteroatoms. The normalized spacial score (nSPS) is 11.1. The van der Waals surface area contributed by atoms with Gasteiger partial charge in [-0.25, -0.2) is 4.98 Å². The van der Waals surface area contributed by atoms with Gasteiger partial charge in [-0.2, -0.15) is 0 Å². The van der Waals surface area contributed by atoms with Gasteiger partial charge in [0.2, 0.25) is 0 Å². The molecular weight excluding hydrogens is 300 g/mol. The molecule has 0 amide bonds. The Bertz CT molecular complexity index is 1030. The van der Waals surface area contributed by atoms with E-state index < -0.39 is 10.9 Å². The van der Waals surface area contributed by atoms with Crippen LogP contribution in [0.15, 0.2) is 50.9 Å². The number of benzene rings is 1. The van der Waals surface area contributed by atoms with Gasteiger partial charge in [0.25, 0.3) is 10.9 Å². The van der Waals surface area contributed by atoms with E-state index in [1.54, 1.807) is 17.1 Å². The molecule has 4 aromatic rings. The monoisotopic (exact) mass is 310 g/mol. The van der Waals surface area contributed by atoms with Crippen molar-refractivity contribution in [2.24, 2.45) is 0 Å². The lowest BCUT2D eigenvalue weighted by Gasteiger charge is -2.13. The van der Waals surface area contributed by atoms with Crippen molar-refractivity contribution in [3.8, 4) is 0 Å². The van der Waals surface area contributed by atoms with Crippen LogP contribution in [0.4, 0.5) is 22.9 Å². The summed E-state index contributed by atoms with van der Waals surface area (Å²) in [5.41, 5.74) is 2.82. The van der Waals surface area contributed by atoms with Crippen LogP contribution in [0.25, 0.3) is 10.9 Å². The first kappa shape index (κ1) is 12.8. The summed E-state index contributed by atoms with van der Waals surface area (Å²) in [5.74, 6) is 0.555. The quantitative estimate of drug-likeness (QED) is 0.505. The Balaban J connectivity index is 1.70. The largest absolute Gasteiger partial charge is 0.359 e. The molecule has 0 atom stereocenters. The Kier molecular flexibility index (Phi) is 2.80. The topological polar surface area (TPSA) is 86.9 Å². The van der Waals surface area contributed by atoms with E-state index in [0.29, 0.717) is 5.82 Å². The van der Waals surface area contributed by atoms with Crippen LogP contribution in [-0.2, 0) is 0 Å². The highest BCUT2D eigenvalue weighted by Crippen LogP contribution is 2.28. The van der Waals surface area contributed by atoms with Crippen molar-refractivity contribution in [3.05, 3.63) is 61.8 Å². The van der Waals surface area contributed by atoms with Crippen LogP contribution in [0.3, 0.4) is 0 Å². The van der Waals surface area contributed by atoms with Crippen LogP contribution in [0, 0.1) is 0 Å². The van der Waals surface area contributed by atoms with Crippen molar-refractivity contribution < 1.29 is 0 Å². The average molecular weight is 310 g/mol. The lowest BCUT2D eigenvalue weighted by molar-refractivity contribution is 1.32. The summed E-state index contributed by atoms with van der Waals surface area (Å²) in [4.78, 5) is 30.7. The van der Waals surface area contributed by atoms with E-state index in [1.807, 2.05) is 24.3 Å². The molecule has 3 N–H and O–H groups in total. The summed E-state index contributed by atoms with van der Waals surface area (Å²) >= 11 is 1.41. The van der Waals surface area contributed by atoms with Gasteiger partial charge in [-0.15, -0.1) is 11.3 Å². The molecule has 4 rings (SSSR count). The number of H-pyrrole nitrogens is 1. The molecule has 2 aromatic heterocycles. The van der Waals surface area contributed by atoms with Crippen molar-refractivity contribution in [2.45, 2.75) is 0 Å².